The van der Waals surface area contributed by atoms with E-state index >= 15 is 0 Å². The molecule has 90 valence electrons. The summed E-state index contributed by atoms with van der Waals surface area (Å²) in [7, 11) is 2.01. The molecule has 4 heteroatoms. The molecule has 0 fully saturated rings. The number of fused-ring (bicyclic) bond motifs is 2. The van der Waals surface area contributed by atoms with Gasteiger partial charge in [-0.05, 0) is 13.1 Å². The van der Waals surface area contributed by atoms with E-state index in [2.05, 4.69) is 16.0 Å². The van der Waals surface area contributed by atoms with Gasteiger partial charge in [0.15, 0.2) is 0 Å². The van der Waals surface area contributed by atoms with Crippen LogP contribution < -0.4 is 0 Å². The second kappa shape index (κ2) is 4.04. The molecule has 0 radical (unpaired) electrons. The summed E-state index contributed by atoms with van der Waals surface area (Å²) in [6.45, 7) is 1.60. The number of para-hydroxylation sites is 1. The van der Waals surface area contributed by atoms with Crippen molar-refractivity contribution < 1.29 is 4.39 Å². The van der Waals surface area contributed by atoms with E-state index < -0.39 is 0 Å². The number of aromatic nitrogens is 1. The van der Waals surface area contributed by atoms with E-state index in [1.54, 1.807) is 12.1 Å². The van der Waals surface area contributed by atoms with Crippen LogP contribution in [0.2, 0.25) is 0 Å². The molecule has 0 unspecified atom stereocenters. The Morgan fingerprint density at radius 2 is 2.28 bits per heavy atom. The van der Waals surface area contributed by atoms with Crippen LogP contribution in [0.3, 0.4) is 0 Å². The second-order valence-corrected chi connectivity index (χ2v) is 4.65. The van der Waals surface area contributed by atoms with Crippen molar-refractivity contribution in [1.29, 1.82) is 5.26 Å². The van der Waals surface area contributed by atoms with E-state index in [4.69, 9.17) is 0 Å². The molecule has 2 aromatic rings. The Morgan fingerprint density at radius 3 is 3.06 bits per heavy atom. The van der Waals surface area contributed by atoms with Gasteiger partial charge in [-0.15, -0.1) is 0 Å². The Kier molecular flexibility index (Phi) is 2.49. The molecule has 1 aromatic carbocycles. The molecule has 18 heavy (non-hydrogen) atoms. The number of hydrogen-bond acceptors (Lipinski definition) is 3. The fourth-order valence-electron chi connectivity index (χ4n) is 2.49. The molecule has 0 aliphatic carbocycles. The van der Waals surface area contributed by atoms with Crippen LogP contribution in [0, 0.1) is 17.1 Å². The topological polar surface area (TPSA) is 39.9 Å². The lowest BCUT2D eigenvalue weighted by Gasteiger charge is -2.25. The lowest BCUT2D eigenvalue weighted by Crippen LogP contribution is -2.28. The van der Waals surface area contributed by atoms with Crippen molar-refractivity contribution in [2.24, 2.45) is 0 Å². The summed E-state index contributed by atoms with van der Waals surface area (Å²) in [5.74, 6) is -0.356. The third-order valence-corrected chi connectivity index (χ3v) is 3.42. The van der Waals surface area contributed by atoms with Crippen molar-refractivity contribution in [3.05, 3.63) is 40.8 Å². The Hall–Kier alpha value is -1.99. The Morgan fingerprint density at radius 1 is 1.44 bits per heavy atom. The molecule has 0 bridgehead atoms. The summed E-state index contributed by atoms with van der Waals surface area (Å²) in [6, 6.07) is 6.99. The zero-order valence-electron chi connectivity index (χ0n) is 10.1. The average molecular weight is 241 g/mol. The van der Waals surface area contributed by atoms with Gasteiger partial charge in [0.25, 0.3) is 0 Å². The third-order valence-electron chi connectivity index (χ3n) is 3.42. The Balaban J connectivity index is 2.38. The number of nitrogens with zero attached hydrogens (tertiary/aromatic N) is 3. The van der Waals surface area contributed by atoms with Crippen molar-refractivity contribution in [3.63, 3.8) is 0 Å². The van der Waals surface area contributed by atoms with Crippen LogP contribution in [-0.4, -0.2) is 23.5 Å². The van der Waals surface area contributed by atoms with Gasteiger partial charge in [0.2, 0.25) is 0 Å². The summed E-state index contributed by atoms with van der Waals surface area (Å²) in [5.41, 5.74) is 2.70. The molecule has 3 nitrogen and oxygen atoms in total. The fraction of sp³-hybridized carbons (Fsp3) is 0.286. The lowest BCUT2D eigenvalue weighted by atomic mass is 9.97. The molecule has 1 aliphatic heterocycles. The lowest BCUT2D eigenvalue weighted by molar-refractivity contribution is 0.310. The summed E-state index contributed by atoms with van der Waals surface area (Å²) in [5, 5.41) is 9.97. The number of benzene rings is 1. The molecule has 0 saturated carbocycles. The van der Waals surface area contributed by atoms with Crippen molar-refractivity contribution >= 4 is 10.9 Å². The van der Waals surface area contributed by atoms with Gasteiger partial charge in [-0.3, -0.25) is 0 Å². The predicted octanol–water partition coefficient (Wildman–Crippen LogP) is 2.23. The summed E-state index contributed by atoms with van der Waals surface area (Å²) in [4.78, 5) is 6.55. The molecule has 0 saturated heterocycles. The van der Waals surface area contributed by atoms with Crippen LogP contribution >= 0.6 is 0 Å². The zero-order chi connectivity index (χ0) is 12.7. The maximum atomic E-state index is 13.8. The second-order valence-electron chi connectivity index (χ2n) is 4.65. The SMILES string of the molecule is CN1CCc2nc3c(F)cccc3c(C#N)c2C1. The number of hydrogen-bond donors (Lipinski definition) is 0. The highest BCUT2D eigenvalue weighted by Gasteiger charge is 2.21. The molecule has 0 amide bonds. The number of pyridine rings is 1. The monoisotopic (exact) mass is 241 g/mol. The zero-order valence-corrected chi connectivity index (χ0v) is 10.1. The first-order chi connectivity index (χ1) is 8.70. The van der Waals surface area contributed by atoms with E-state index in [9.17, 15) is 9.65 Å². The van der Waals surface area contributed by atoms with Crippen molar-refractivity contribution in [2.75, 3.05) is 13.6 Å². The van der Waals surface area contributed by atoms with Crippen LogP contribution in [0.15, 0.2) is 18.2 Å². The number of likely N-dealkylation sites (N-methyl/N-ethyl adjacent to an activating group) is 1. The summed E-state index contributed by atoms with van der Waals surface area (Å²) in [6.07, 6.45) is 0.769. The van der Waals surface area contributed by atoms with Crippen molar-refractivity contribution in [1.82, 2.24) is 9.88 Å². The van der Waals surface area contributed by atoms with Gasteiger partial charge in [0.05, 0.1) is 5.56 Å². The number of halogens is 1. The molecule has 2 heterocycles. The molecule has 1 aromatic heterocycles. The molecule has 0 atom stereocenters. The number of nitriles is 1. The minimum Gasteiger partial charge on any atom is -0.302 e. The van der Waals surface area contributed by atoms with E-state index in [1.165, 1.54) is 6.07 Å². The maximum Gasteiger partial charge on any atom is 0.149 e. The number of rotatable bonds is 0. The highest BCUT2D eigenvalue weighted by molar-refractivity contribution is 5.86. The first-order valence-electron chi connectivity index (χ1n) is 5.89. The van der Waals surface area contributed by atoms with Gasteiger partial charge in [0, 0.05) is 36.2 Å². The summed E-state index contributed by atoms with van der Waals surface area (Å²) >= 11 is 0. The summed E-state index contributed by atoms with van der Waals surface area (Å²) < 4.78 is 13.8. The molecule has 0 N–H and O–H groups in total. The first-order valence-corrected chi connectivity index (χ1v) is 5.89. The highest BCUT2D eigenvalue weighted by Crippen LogP contribution is 2.28. The van der Waals surface area contributed by atoms with Crippen LogP contribution in [-0.2, 0) is 13.0 Å². The Bertz CT molecular complexity index is 673. The van der Waals surface area contributed by atoms with Crippen molar-refractivity contribution in [2.45, 2.75) is 13.0 Å². The normalized spacial score (nSPS) is 15.4. The third kappa shape index (κ3) is 1.56. The minimum atomic E-state index is -0.356. The Labute approximate surface area is 104 Å². The van der Waals surface area contributed by atoms with Gasteiger partial charge in [0.1, 0.15) is 17.4 Å². The van der Waals surface area contributed by atoms with E-state index in [-0.39, 0.29) is 5.82 Å². The molecule has 3 rings (SSSR count). The first kappa shape index (κ1) is 11.1. The van der Waals surface area contributed by atoms with Crippen molar-refractivity contribution in [3.8, 4) is 6.07 Å². The van der Waals surface area contributed by atoms with Gasteiger partial charge in [-0.25, -0.2) is 9.37 Å². The van der Waals surface area contributed by atoms with Gasteiger partial charge in [-0.2, -0.15) is 5.26 Å². The largest absolute Gasteiger partial charge is 0.302 e. The molecule has 1 aliphatic rings. The average Bonchev–Trinajstić information content (AvgIpc) is 2.37. The standard InChI is InChI=1S/C14H12FN3/c1-18-6-5-13-11(8-18)10(7-16)9-3-2-4-12(15)14(9)17-13/h2-4H,5-6,8H2,1H3. The minimum absolute atomic E-state index is 0.317. The smallest absolute Gasteiger partial charge is 0.149 e. The van der Waals surface area contributed by atoms with Gasteiger partial charge < -0.3 is 4.90 Å². The van der Waals surface area contributed by atoms with E-state index in [0.29, 0.717) is 23.0 Å². The van der Waals surface area contributed by atoms with E-state index in [0.717, 1.165) is 24.2 Å². The van der Waals surface area contributed by atoms with Crippen LogP contribution in [0.4, 0.5) is 4.39 Å². The molecular formula is C14H12FN3. The fourth-order valence-corrected chi connectivity index (χ4v) is 2.49. The van der Waals surface area contributed by atoms with E-state index in [1.807, 2.05) is 7.05 Å². The highest BCUT2D eigenvalue weighted by atomic mass is 19.1. The quantitative estimate of drug-likeness (QED) is 0.710. The van der Waals surface area contributed by atoms with Crippen LogP contribution in [0.1, 0.15) is 16.8 Å². The molecular weight excluding hydrogens is 229 g/mol. The van der Waals surface area contributed by atoms with Crippen LogP contribution in [0.25, 0.3) is 10.9 Å². The predicted molar refractivity (Wildman–Crippen MR) is 66.5 cm³/mol. The van der Waals surface area contributed by atoms with Gasteiger partial charge in [-0.1, -0.05) is 12.1 Å². The molecule has 0 spiro atoms. The van der Waals surface area contributed by atoms with Crippen LogP contribution in [0.5, 0.6) is 0 Å². The maximum absolute atomic E-state index is 13.8. The van der Waals surface area contributed by atoms with Gasteiger partial charge >= 0.3 is 0 Å².